The molecule has 0 bridgehead atoms. The van der Waals surface area contributed by atoms with Crippen molar-refractivity contribution in [3.63, 3.8) is 0 Å². The summed E-state index contributed by atoms with van der Waals surface area (Å²) in [6.45, 7) is 2.11. The number of hydrogen-bond acceptors (Lipinski definition) is 5. The zero-order valence-electron chi connectivity index (χ0n) is 16.1. The number of aromatic hydroxyl groups is 1. The molecule has 7 nitrogen and oxygen atoms in total. The van der Waals surface area contributed by atoms with Crippen LogP contribution in [-0.2, 0) is 17.6 Å². The Labute approximate surface area is 176 Å². The maximum atomic E-state index is 12.5. The van der Waals surface area contributed by atoms with Crippen LogP contribution in [0.3, 0.4) is 0 Å². The van der Waals surface area contributed by atoms with E-state index in [0.29, 0.717) is 5.69 Å². The lowest BCUT2D eigenvalue weighted by atomic mass is 10.1. The second-order valence-electron chi connectivity index (χ2n) is 6.82. The lowest BCUT2D eigenvalue weighted by Gasteiger charge is -2.07. The third-order valence-electron chi connectivity index (χ3n) is 4.79. The van der Waals surface area contributed by atoms with Gasteiger partial charge in [0.15, 0.2) is 4.96 Å². The van der Waals surface area contributed by atoms with Crippen molar-refractivity contribution in [1.82, 2.24) is 9.38 Å². The topological polar surface area (TPSA) is 104 Å². The van der Waals surface area contributed by atoms with Gasteiger partial charge in [0.05, 0.1) is 12.1 Å². The van der Waals surface area contributed by atoms with E-state index in [1.165, 1.54) is 35.1 Å². The van der Waals surface area contributed by atoms with Crippen molar-refractivity contribution < 1.29 is 19.8 Å². The summed E-state index contributed by atoms with van der Waals surface area (Å²) in [5.41, 5.74) is 3.95. The van der Waals surface area contributed by atoms with E-state index in [-0.39, 0.29) is 23.6 Å². The maximum Gasteiger partial charge on any atom is 0.339 e. The molecular formula is C22H19N3O4S. The standard InChI is InChI=1S/C22H19N3O4S/c1-2-13-3-5-14(6-4-13)18-11-25-16(12-30-22(25)24-18)10-20(27)23-15-7-8-19(26)17(9-15)21(28)29/h3-9,11-12,26H,2,10H2,1H3,(H,23,27)(H,28,29). The Morgan fingerprint density at radius 1 is 1.17 bits per heavy atom. The van der Waals surface area contributed by atoms with Crippen LogP contribution in [0.15, 0.2) is 54.0 Å². The van der Waals surface area contributed by atoms with Crippen molar-refractivity contribution in [2.45, 2.75) is 19.8 Å². The first kappa shape index (κ1) is 19.7. The van der Waals surface area contributed by atoms with Crippen LogP contribution < -0.4 is 5.32 Å². The molecule has 30 heavy (non-hydrogen) atoms. The summed E-state index contributed by atoms with van der Waals surface area (Å²) in [4.78, 5) is 29.1. The average molecular weight is 421 g/mol. The van der Waals surface area contributed by atoms with Crippen molar-refractivity contribution in [3.05, 3.63) is 70.9 Å². The van der Waals surface area contributed by atoms with E-state index in [1.807, 2.05) is 28.1 Å². The van der Waals surface area contributed by atoms with Crippen LogP contribution in [0.5, 0.6) is 5.75 Å². The number of rotatable bonds is 6. The zero-order chi connectivity index (χ0) is 21.3. The number of fused-ring (bicyclic) bond motifs is 1. The van der Waals surface area contributed by atoms with E-state index in [4.69, 9.17) is 5.11 Å². The van der Waals surface area contributed by atoms with Crippen LogP contribution >= 0.6 is 11.3 Å². The van der Waals surface area contributed by atoms with Gasteiger partial charge < -0.3 is 15.5 Å². The quantitative estimate of drug-likeness (QED) is 0.405. The monoisotopic (exact) mass is 421 g/mol. The van der Waals surface area contributed by atoms with E-state index in [1.54, 1.807) is 0 Å². The number of imidazole rings is 1. The van der Waals surface area contributed by atoms with Crippen LogP contribution in [0.25, 0.3) is 16.2 Å². The molecule has 2 aromatic carbocycles. The molecule has 0 radical (unpaired) electrons. The number of anilines is 1. The third kappa shape index (κ3) is 3.90. The second-order valence-corrected chi connectivity index (χ2v) is 7.65. The fraction of sp³-hybridized carbons (Fsp3) is 0.136. The van der Waals surface area contributed by atoms with Gasteiger partial charge in [-0.3, -0.25) is 9.20 Å². The number of carboxylic acid groups (broad SMARTS) is 1. The minimum atomic E-state index is -1.26. The van der Waals surface area contributed by atoms with Crippen molar-refractivity contribution in [2.75, 3.05) is 5.32 Å². The third-order valence-corrected chi connectivity index (χ3v) is 5.68. The number of phenols is 1. The number of aryl methyl sites for hydroxylation is 1. The summed E-state index contributed by atoms with van der Waals surface area (Å²) in [5, 5.41) is 23.2. The Balaban J connectivity index is 1.52. The van der Waals surface area contributed by atoms with Crippen LogP contribution in [0, 0.1) is 0 Å². The molecule has 1 amide bonds. The molecular weight excluding hydrogens is 402 g/mol. The number of hydrogen-bond donors (Lipinski definition) is 3. The van der Waals surface area contributed by atoms with E-state index < -0.39 is 5.97 Å². The number of carbonyl (C=O) groups excluding carboxylic acids is 1. The summed E-state index contributed by atoms with van der Waals surface area (Å²) in [5.74, 6) is -1.90. The van der Waals surface area contributed by atoms with Gasteiger partial charge >= 0.3 is 5.97 Å². The van der Waals surface area contributed by atoms with Crippen LogP contribution in [0.4, 0.5) is 5.69 Å². The molecule has 0 saturated heterocycles. The number of aromatic nitrogens is 2. The molecule has 0 aliphatic carbocycles. The van der Waals surface area contributed by atoms with Crippen molar-refractivity contribution in [1.29, 1.82) is 0 Å². The van der Waals surface area contributed by atoms with Gasteiger partial charge in [-0.2, -0.15) is 0 Å². The Bertz CT molecular complexity index is 1240. The molecule has 4 rings (SSSR count). The highest BCUT2D eigenvalue weighted by Crippen LogP contribution is 2.25. The number of nitrogens with zero attached hydrogens (tertiary/aromatic N) is 2. The first-order valence-corrected chi connectivity index (χ1v) is 10.2. The van der Waals surface area contributed by atoms with Crippen LogP contribution in [0.1, 0.15) is 28.5 Å². The first-order valence-electron chi connectivity index (χ1n) is 9.35. The molecule has 0 saturated carbocycles. The maximum absolute atomic E-state index is 12.5. The Morgan fingerprint density at radius 2 is 1.93 bits per heavy atom. The van der Waals surface area contributed by atoms with Crippen molar-refractivity contribution in [2.24, 2.45) is 0 Å². The van der Waals surface area contributed by atoms with Crippen LogP contribution in [0.2, 0.25) is 0 Å². The summed E-state index contributed by atoms with van der Waals surface area (Å²) in [7, 11) is 0. The number of thiazole rings is 1. The Morgan fingerprint density at radius 3 is 2.63 bits per heavy atom. The average Bonchev–Trinajstić information content (AvgIpc) is 3.31. The van der Waals surface area contributed by atoms with Gasteiger partial charge in [0.25, 0.3) is 0 Å². The van der Waals surface area contributed by atoms with Crippen LogP contribution in [-0.4, -0.2) is 31.5 Å². The smallest absolute Gasteiger partial charge is 0.339 e. The van der Waals surface area contributed by atoms with E-state index in [0.717, 1.165) is 28.3 Å². The normalized spacial score (nSPS) is 11.0. The molecule has 8 heteroatoms. The highest BCUT2D eigenvalue weighted by atomic mass is 32.1. The van der Waals surface area contributed by atoms with E-state index in [2.05, 4.69) is 29.4 Å². The summed E-state index contributed by atoms with van der Waals surface area (Å²) < 4.78 is 1.90. The largest absolute Gasteiger partial charge is 0.507 e. The van der Waals surface area contributed by atoms with Gasteiger partial charge in [0.2, 0.25) is 5.91 Å². The highest BCUT2D eigenvalue weighted by Gasteiger charge is 2.15. The second kappa shape index (κ2) is 8.00. The first-order chi connectivity index (χ1) is 14.4. The number of amides is 1. The molecule has 0 unspecified atom stereocenters. The van der Waals surface area contributed by atoms with Gasteiger partial charge in [-0.1, -0.05) is 31.2 Å². The van der Waals surface area contributed by atoms with Gasteiger partial charge in [0.1, 0.15) is 11.3 Å². The molecule has 2 heterocycles. The molecule has 2 aromatic heterocycles. The summed E-state index contributed by atoms with van der Waals surface area (Å²) in [6.07, 6.45) is 3.00. The number of nitrogens with one attached hydrogen (secondary N) is 1. The van der Waals surface area contributed by atoms with E-state index in [9.17, 15) is 14.7 Å². The molecule has 3 N–H and O–H groups in total. The summed E-state index contributed by atoms with van der Waals surface area (Å²) >= 11 is 1.45. The number of carbonyl (C=O) groups is 2. The Kier molecular flexibility index (Phi) is 5.24. The number of aromatic carboxylic acids is 1. The van der Waals surface area contributed by atoms with Crippen molar-refractivity contribution in [3.8, 4) is 17.0 Å². The highest BCUT2D eigenvalue weighted by molar-refractivity contribution is 7.15. The molecule has 0 fully saturated rings. The SMILES string of the molecule is CCc1ccc(-c2cn3c(CC(=O)Nc4ccc(O)c(C(=O)O)c4)csc3n2)cc1. The molecule has 0 atom stereocenters. The molecule has 0 aliphatic rings. The number of benzene rings is 2. The Hall–Kier alpha value is -3.65. The van der Waals surface area contributed by atoms with Crippen molar-refractivity contribution >= 4 is 33.9 Å². The minimum absolute atomic E-state index is 0.105. The van der Waals surface area contributed by atoms with E-state index >= 15 is 0 Å². The molecule has 4 aromatic rings. The number of carboxylic acids is 1. The molecule has 0 spiro atoms. The fourth-order valence-corrected chi connectivity index (χ4v) is 4.03. The molecule has 152 valence electrons. The van der Waals surface area contributed by atoms with Gasteiger partial charge in [-0.25, -0.2) is 9.78 Å². The predicted octanol–water partition coefficient (Wildman–Crippen LogP) is 4.21. The fourth-order valence-electron chi connectivity index (χ4n) is 3.16. The van der Waals surface area contributed by atoms with Gasteiger partial charge in [-0.05, 0) is 30.2 Å². The summed E-state index contributed by atoms with van der Waals surface area (Å²) in [6, 6.07) is 12.2. The van der Waals surface area contributed by atoms with Gasteiger partial charge in [-0.15, -0.1) is 11.3 Å². The predicted molar refractivity (Wildman–Crippen MR) is 115 cm³/mol. The minimum Gasteiger partial charge on any atom is -0.507 e. The molecule has 0 aliphatic heterocycles. The zero-order valence-corrected chi connectivity index (χ0v) is 16.9. The van der Waals surface area contributed by atoms with Gasteiger partial charge in [0, 0.05) is 28.5 Å². The lowest BCUT2D eigenvalue weighted by Crippen LogP contribution is -2.15. The lowest BCUT2D eigenvalue weighted by molar-refractivity contribution is -0.115.